The molecule has 8 heteroatoms. The number of carbonyl (C=O) groups excluding carboxylic acids is 4. The Hall–Kier alpha value is -5.54. The number of hydrogen-bond donors (Lipinski definition) is 0. The summed E-state index contributed by atoms with van der Waals surface area (Å²) in [4.78, 5) is 48.6. The zero-order valence-electron chi connectivity index (χ0n) is 29.4. The van der Waals surface area contributed by atoms with Gasteiger partial charge in [0.05, 0.1) is 25.3 Å². The van der Waals surface area contributed by atoms with Gasteiger partial charge in [0.2, 0.25) is 0 Å². The molecule has 0 bridgehead atoms. The van der Waals surface area contributed by atoms with Crippen LogP contribution in [0.4, 0.5) is 0 Å². The highest BCUT2D eigenvalue weighted by Gasteiger charge is 2.25. The van der Waals surface area contributed by atoms with Gasteiger partial charge in [-0.05, 0) is 75.2 Å². The largest absolute Gasteiger partial charge is 0.465 e. The van der Waals surface area contributed by atoms with E-state index in [1.165, 1.54) is 28.1 Å². The number of rotatable bonds is 10. The third-order valence-electron chi connectivity index (χ3n) is 8.16. The first-order valence-corrected chi connectivity index (χ1v) is 19.2. The van der Waals surface area contributed by atoms with Gasteiger partial charge in [0.15, 0.2) is 11.6 Å². The van der Waals surface area contributed by atoms with Crippen LogP contribution in [0.1, 0.15) is 62.7 Å². The van der Waals surface area contributed by atoms with Gasteiger partial charge in [-0.3, -0.25) is 9.59 Å². The molecule has 0 radical (unpaired) electrons. The maximum Gasteiger partial charge on any atom is 0.338 e. The summed E-state index contributed by atoms with van der Waals surface area (Å²) in [6, 6.07) is 50.6. The summed E-state index contributed by atoms with van der Waals surface area (Å²) in [5.74, 6) is -0.846. The standard InChI is InChI=1S/2C22H19O3P.CH4/c2*1-16(23)17-13-14-20(22(24)25-2)21(15-17)26(18-9-5-3-6-10-18)19-11-7-4-8-12-19;/h2*3-15H,1-2H3;1H4. The molecule has 0 N–H and O–H groups in total. The van der Waals surface area contributed by atoms with Gasteiger partial charge in [0, 0.05) is 21.7 Å². The highest BCUT2D eigenvalue weighted by molar-refractivity contribution is 7.80. The summed E-state index contributed by atoms with van der Waals surface area (Å²) < 4.78 is 9.97. The van der Waals surface area contributed by atoms with Crippen LogP contribution in [0.3, 0.4) is 0 Å². The fraction of sp³-hybridized carbons (Fsp3) is 0.111. The second-order valence-corrected chi connectivity index (χ2v) is 15.9. The highest BCUT2D eigenvalue weighted by atomic mass is 31.1. The molecule has 0 saturated carbocycles. The lowest BCUT2D eigenvalue weighted by Crippen LogP contribution is -2.26. The van der Waals surface area contributed by atoms with Crippen molar-refractivity contribution >= 4 is 71.2 Å². The second kappa shape index (κ2) is 19.3. The van der Waals surface area contributed by atoms with Crippen molar-refractivity contribution in [2.75, 3.05) is 14.2 Å². The van der Waals surface area contributed by atoms with E-state index < -0.39 is 27.8 Å². The van der Waals surface area contributed by atoms with Crippen molar-refractivity contribution in [1.29, 1.82) is 0 Å². The number of benzene rings is 6. The smallest absolute Gasteiger partial charge is 0.338 e. The molecule has 6 nitrogen and oxygen atoms in total. The van der Waals surface area contributed by atoms with E-state index in [1.807, 2.05) is 84.9 Å². The van der Waals surface area contributed by atoms with E-state index in [0.717, 1.165) is 31.8 Å². The first-order valence-electron chi connectivity index (χ1n) is 16.5. The van der Waals surface area contributed by atoms with E-state index in [-0.39, 0.29) is 19.0 Å². The third kappa shape index (κ3) is 9.87. The van der Waals surface area contributed by atoms with E-state index in [1.54, 1.807) is 24.3 Å². The average Bonchev–Trinajstić information content (AvgIpc) is 3.19. The molecule has 0 aliphatic heterocycles. The summed E-state index contributed by atoms with van der Waals surface area (Å²) in [5.41, 5.74) is 2.17. The molecule has 0 aliphatic carbocycles. The van der Waals surface area contributed by atoms with Gasteiger partial charge in [-0.1, -0.05) is 141 Å². The van der Waals surface area contributed by atoms with Crippen molar-refractivity contribution in [1.82, 2.24) is 0 Å². The molecule has 53 heavy (non-hydrogen) atoms. The minimum Gasteiger partial charge on any atom is -0.465 e. The number of esters is 2. The lowest BCUT2D eigenvalue weighted by molar-refractivity contribution is 0.0593. The Kier molecular flexibility index (Phi) is 14.7. The van der Waals surface area contributed by atoms with Crippen molar-refractivity contribution in [2.45, 2.75) is 21.3 Å². The van der Waals surface area contributed by atoms with Crippen molar-refractivity contribution in [3.8, 4) is 0 Å². The Bertz CT molecular complexity index is 1920. The number of ether oxygens (including phenoxy) is 2. The molecule has 0 spiro atoms. The number of carbonyl (C=O) groups is 4. The Balaban J connectivity index is 0.000000232. The topological polar surface area (TPSA) is 86.7 Å². The fourth-order valence-electron chi connectivity index (χ4n) is 5.60. The van der Waals surface area contributed by atoms with Crippen LogP contribution in [0.2, 0.25) is 0 Å². The van der Waals surface area contributed by atoms with Crippen LogP contribution in [0.5, 0.6) is 0 Å². The van der Waals surface area contributed by atoms with E-state index in [0.29, 0.717) is 22.3 Å². The van der Waals surface area contributed by atoms with Crippen molar-refractivity contribution < 1.29 is 28.7 Å². The zero-order valence-corrected chi connectivity index (χ0v) is 31.1. The third-order valence-corrected chi connectivity index (χ3v) is 13.1. The SMILES string of the molecule is C.COC(=O)c1ccc(C(C)=O)cc1P(c1ccccc1)c1ccccc1.COC(=O)c1ccc(C(C)=O)cc1P(c1ccccc1)c1ccccc1. The molecule has 0 aromatic heterocycles. The van der Waals surface area contributed by atoms with Crippen molar-refractivity contribution in [2.24, 2.45) is 0 Å². The molecular weight excluding hydrogens is 698 g/mol. The van der Waals surface area contributed by atoms with Crippen LogP contribution in [0, 0.1) is 0 Å². The monoisotopic (exact) mass is 740 g/mol. The van der Waals surface area contributed by atoms with Crippen LogP contribution in [-0.4, -0.2) is 37.7 Å². The lowest BCUT2D eigenvalue weighted by atomic mass is 10.1. The zero-order chi connectivity index (χ0) is 37.0. The quantitative estimate of drug-likeness (QED) is 0.0822. The predicted octanol–water partition coefficient (Wildman–Crippen LogP) is 7.50. The predicted molar refractivity (Wildman–Crippen MR) is 220 cm³/mol. The van der Waals surface area contributed by atoms with Gasteiger partial charge >= 0.3 is 11.9 Å². The average molecular weight is 741 g/mol. The molecule has 6 aromatic rings. The molecular formula is C45H42O6P2. The molecule has 0 fully saturated rings. The van der Waals surface area contributed by atoms with E-state index in [9.17, 15) is 19.2 Å². The molecule has 6 rings (SSSR count). The Morgan fingerprint density at radius 3 is 0.906 bits per heavy atom. The van der Waals surface area contributed by atoms with Gasteiger partial charge < -0.3 is 9.47 Å². The van der Waals surface area contributed by atoms with E-state index in [2.05, 4.69) is 48.5 Å². The minimum absolute atomic E-state index is 0. The maximum atomic E-state index is 12.4. The van der Waals surface area contributed by atoms with Crippen LogP contribution >= 0.6 is 15.8 Å². The van der Waals surface area contributed by atoms with Crippen molar-refractivity contribution in [3.63, 3.8) is 0 Å². The van der Waals surface area contributed by atoms with Crippen molar-refractivity contribution in [3.05, 3.63) is 180 Å². The molecule has 0 saturated heterocycles. The number of ketones is 2. The van der Waals surface area contributed by atoms with Gasteiger partial charge in [-0.15, -0.1) is 0 Å². The summed E-state index contributed by atoms with van der Waals surface area (Å²) in [6.07, 6.45) is 0. The van der Waals surface area contributed by atoms with Gasteiger partial charge in [-0.2, -0.15) is 0 Å². The molecule has 0 amide bonds. The van der Waals surface area contributed by atoms with Crippen LogP contribution in [0.15, 0.2) is 158 Å². The van der Waals surface area contributed by atoms with Crippen LogP contribution in [-0.2, 0) is 9.47 Å². The van der Waals surface area contributed by atoms with Gasteiger partial charge in [-0.25, -0.2) is 9.59 Å². The second-order valence-electron chi connectivity index (χ2n) is 11.6. The highest BCUT2D eigenvalue weighted by Crippen LogP contribution is 2.36. The molecule has 0 aliphatic rings. The Morgan fingerprint density at radius 2 is 0.679 bits per heavy atom. The maximum absolute atomic E-state index is 12.4. The minimum atomic E-state index is -0.999. The van der Waals surface area contributed by atoms with Crippen LogP contribution < -0.4 is 31.8 Å². The summed E-state index contributed by atoms with van der Waals surface area (Å²) in [5, 5.41) is 6.10. The Morgan fingerprint density at radius 1 is 0.415 bits per heavy atom. The van der Waals surface area contributed by atoms with E-state index >= 15 is 0 Å². The van der Waals surface area contributed by atoms with Gasteiger partial charge in [0.25, 0.3) is 0 Å². The molecule has 6 aromatic carbocycles. The number of Topliss-reactive ketones (excluding diaryl/α,β-unsaturated/α-hetero) is 2. The van der Waals surface area contributed by atoms with Crippen LogP contribution in [0.25, 0.3) is 0 Å². The molecule has 268 valence electrons. The summed E-state index contributed by atoms with van der Waals surface area (Å²) in [6.45, 7) is 3.06. The molecule has 0 atom stereocenters. The summed E-state index contributed by atoms with van der Waals surface area (Å²) >= 11 is 0. The first-order chi connectivity index (χ1) is 25.2. The van der Waals surface area contributed by atoms with E-state index in [4.69, 9.17) is 9.47 Å². The normalized spacial score (nSPS) is 10.4. The number of methoxy groups -OCH3 is 2. The summed E-state index contributed by atoms with van der Waals surface area (Å²) in [7, 11) is 0.749. The fourth-order valence-corrected chi connectivity index (χ4v) is 10.5. The Labute approximate surface area is 314 Å². The molecule has 0 heterocycles. The first kappa shape index (κ1) is 40.2. The molecule has 0 unspecified atom stereocenters. The van der Waals surface area contributed by atoms with Gasteiger partial charge in [0.1, 0.15) is 0 Å². The lowest BCUT2D eigenvalue weighted by Gasteiger charge is -2.22. The number of hydrogen-bond acceptors (Lipinski definition) is 6.